The molecule has 3 rings (SSSR count). The minimum atomic E-state index is -0.411. The molecule has 1 aliphatic heterocycles. The van der Waals surface area contributed by atoms with Crippen LogP contribution in [0.4, 0.5) is 5.13 Å². The van der Waals surface area contributed by atoms with Crippen LogP contribution >= 0.6 is 36.2 Å². The topological polar surface area (TPSA) is 76.6 Å². The number of nitrogens with zero attached hydrogens (tertiary/aromatic N) is 3. The molecular weight excluding hydrogens is 387 g/mol. The third-order valence-corrected chi connectivity index (χ3v) is 4.44. The van der Waals surface area contributed by atoms with Crippen LogP contribution in [0.25, 0.3) is 0 Å². The first kappa shape index (κ1) is 21.4. The van der Waals surface area contributed by atoms with Crippen molar-refractivity contribution in [2.24, 2.45) is 0 Å². The number of rotatable bonds is 5. The lowest BCUT2D eigenvalue weighted by atomic mass is 10.2. The molecule has 2 aromatic rings. The Morgan fingerprint density at radius 2 is 2.32 bits per heavy atom. The summed E-state index contributed by atoms with van der Waals surface area (Å²) in [6.45, 7) is 3.00. The molecule has 0 saturated carbocycles. The third-order valence-electron chi connectivity index (χ3n) is 3.56. The Morgan fingerprint density at radius 3 is 3.04 bits per heavy atom. The number of carbonyl (C=O) groups is 1. The number of nitrogens with one attached hydrogen (secondary N) is 1. The average Bonchev–Trinajstić information content (AvgIpc) is 3.10. The maximum absolute atomic E-state index is 11.6. The summed E-state index contributed by atoms with van der Waals surface area (Å²) >= 11 is 1.44. The fourth-order valence-corrected chi connectivity index (χ4v) is 3.27. The van der Waals surface area contributed by atoms with Gasteiger partial charge >= 0.3 is 5.97 Å². The lowest BCUT2D eigenvalue weighted by molar-refractivity contribution is 0.0595. The summed E-state index contributed by atoms with van der Waals surface area (Å²) in [6.07, 6.45) is 3.41. The standard InChI is InChI=1S/C15H18N4O3S.2ClH/c1-21-14(20)13-10-23-15(18-13)19-6-5-17-7-11(19)9-22-12-3-2-4-16-8-12;;/h2-4,8,10-11,17H,5-7,9H2,1H3;2*1H. The van der Waals surface area contributed by atoms with Crippen molar-refractivity contribution in [2.45, 2.75) is 6.04 Å². The number of thiazole rings is 1. The van der Waals surface area contributed by atoms with Crippen LogP contribution < -0.4 is 15.0 Å². The molecule has 1 atom stereocenters. The van der Waals surface area contributed by atoms with Crippen molar-refractivity contribution in [3.63, 3.8) is 0 Å². The summed E-state index contributed by atoms with van der Waals surface area (Å²) in [5, 5.41) is 5.90. The molecule has 1 aliphatic rings. The van der Waals surface area contributed by atoms with Crippen LogP contribution in [0, 0.1) is 0 Å². The summed E-state index contributed by atoms with van der Waals surface area (Å²) in [6, 6.07) is 3.86. The highest BCUT2D eigenvalue weighted by molar-refractivity contribution is 7.13. The molecule has 1 saturated heterocycles. The van der Waals surface area contributed by atoms with Crippen LogP contribution in [0.5, 0.6) is 5.75 Å². The summed E-state index contributed by atoms with van der Waals surface area (Å²) in [5.41, 5.74) is 0.345. The smallest absolute Gasteiger partial charge is 0.357 e. The van der Waals surface area contributed by atoms with Gasteiger partial charge in [0.05, 0.1) is 19.3 Å². The van der Waals surface area contributed by atoms with Gasteiger partial charge in [0, 0.05) is 31.2 Å². The van der Waals surface area contributed by atoms with Crippen LogP contribution in [0.1, 0.15) is 10.5 Å². The second-order valence-corrected chi connectivity index (χ2v) is 5.89. The molecule has 2 aromatic heterocycles. The van der Waals surface area contributed by atoms with Crippen molar-refractivity contribution in [3.8, 4) is 5.75 Å². The van der Waals surface area contributed by atoms with E-state index in [2.05, 4.69) is 20.2 Å². The predicted octanol–water partition coefficient (Wildman–Crippen LogP) is 2.03. The van der Waals surface area contributed by atoms with Crippen molar-refractivity contribution >= 4 is 47.3 Å². The molecule has 0 amide bonds. The van der Waals surface area contributed by atoms with Crippen LogP contribution in [0.3, 0.4) is 0 Å². The molecule has 138 valence electrons. The molecule has 0 spiro atoms. The van der Waals surface area contributed by atoms with Gasteiger partial charge in [0.2, 0.25) is 0 Å². The number of piperazine rings is 1. The molecule has 1 fully saturated rings. The Morgan fingerprint density at radius 1 is 1.48 bits per heavy atom. The molecule has 7 nitrogen and oxygen atoms in total. The SMILES string of the molecule is COC(=O)c1csc(N2CCNCC2COc2cccnc2)n1.Cl.Cl. The van der Waals surface area contributed by atoms with E-state index in [1.54, 1.807) is 17.8 Å². The normalized spacial score (nSPS) is 16.4. The molecule has 0 radical (unpaired) electrons. The summed E-state index contributed by atoms with van der Waals surface area (Å²) in [5.74, 6) is 0.332. The average molecular weight is 407 g/mol. The zero-order chi connectivity index (χ0) is 16.1. The lowest BCUT2D eigenvalue weighted by Crippen LogP contribution is -2.54. The second-order valence-electron chi connectivity index (χ2n) is 5.06. The molecule has 1 unspecified atom stereocenters. The first-order valence-electron chi connectivity index (χ1n) is 7.32. The monoisotopic (exact) mass is 406 g/mol. The molecule has 3 heterocycles. The van der Waals surface area contributed by atoms with Crippen LogP contribution in [0.15, 0.2) is 29.9 Å². The first-order valence-corrected chi connectivity index (χ1v) is 8.20. The van der Waals surface area contributed by atoms with Crippen molar-refractivity contribution < 1.29 is 14.3 Å². The highest BCUT2D eigenvalue weighted by atomic mass is 35.5. The van der Waals surface area contributed by atoms with E-state index in [1.807, 2.05) is 12.1 Å². The minimum absolute atomic E-state index is 0. The van der Waals surface area contributed by atoms with Gasteiger partial charge in [-0.05, 0) is 12.1 Å². The number of anilines is 1. The number of hydrogen-bond donors (Lipinski definition) is 1. The molecule has 10 heteroatoms. The van der Waals surface area contributed by atoms with Gasteiger partial charge in [-0.25, -0.2) is 9.78 Å². The number of halogens is 2. The van der Waals surface area contributed by atoms with Crippen LogP contribution in [0.2, 0.25) is 0 Å². The van der Waals surface area contributed by atoms with E-state index < -0.39 is 5.97 Å². The number of methoxy groups -OCH3 is 1. The van der Waals surface area contributed by atoms with Gasteiger partial charge in [0.15, 0.2) is 10.8 Å². The van der Waals surface area contributed by atoms with Gasteiger partial charge in [0.1, 0.15) is 12.4 Å². The quantitative estimate of drug-likeness (QED) is 0.760. The number of esters is 1. The zero-order valence-corrected chi connectivity index (χ0v) is 16.0. The van der Waals surface area contributed by atoms with Gasteiger partial charge in [-0.15, -0.1) is 36.2 Å². The van der Waals surface area contributed by atoms with Crippen molar-refractivity contribution in [1.82, 2.24) is 15.3 Å². The van der Waals surface area contributed by atoms with E-state index in [4.69, 9.17) is 9.47 Å². The Bertz CT molecular complexity index is 659. The van der Waals surface area contributed by atoms with Crippen LogP contribution in [-0.4, -0.2) is 55.3 Å². The van der Waals surface area contributed by atoms with Crippen LogP contribution in [-0.2, 0) is 4.74 Å². The molecule has 0 bridgehead atoms. The number of carbonyl (C=O) groups excluding carboxylic acids is 1. The highest BCUT2D eigenvalue weighted by Gasteiger charge is 2.26. The molecule has 0 aromatic carbocycles. The maximum atomic E-state index is 11.6. The Balaban J connectivity index is 0.00000156. The minimum Gasteiger partial charge on any atom is -0.490 e. The second kappa shape index (κ2) is 10.4. The Kier molecular flexibility index (Phi) is 8.91. The van der Waals surface area contributed by atoms with E-state index in [1.165, 1.54) is 18.4 Å². The number of ether oxygens (including phenoxy) is 2. The lowest BCUT2D eigenvalue weighted by Gasteiger charge is -2.35. The number of hydrogen-bond acceptors (Lipinski definition) is 8. The number of aromatic nitrogens is 2. The fourth-order valence-electron chi connectivity index (χ4n) is 2.38. The zero-order valence-electron chi connectivity index (χ0n) is 13.6. The van der Waals surface area contributed by atoms with E-state index >= 15 is 0 Å². The van der Waals surface area contributed by atoms with Crippen molar-refractivity contribution in [3.05, 3.63) is 35.6 Å². The Hall–Kier alpha value is -1.61. The van der Waals surface area contributed by atoms with Crippen molar-refractivity contribution in [2.75, 3.05) is 38.3 Å². The van der Waals surface area contributed by atoms with Crippen molar-refractivity contribution in [1.29, 1.82) is 0 Å². The first-order chi connectivity index (χ1) is 11.3. The third kappa shape index (κ3) is 5.43. The predicted molar refractivity (Wildman–Crippen MR) is 102 cm³/mol. The molecule has 25 heavy (non-hydrogen) atoms. The highest BCUT2D eigenvalue weighted by Crippen LogP contribution is 2.24. The van der Waals surface area contributed by atoms with Gasteiger partial charge < -0.3 is 19.7 Å². The maximum Gasteiger partial charge on any atom is 0.357 e. The van der Waals surface area contributed by atoms with Gasteiger partial charge in [-0.2, -0.15) is 0 Å². The summed E-state index contributed by atoms with van der Waals surface area (Å²) < 4.78 is 10.5. The summed E-state index contributed by atoms with van der Waals surface area (Å²) in [7, 11) is 1.36. The molecule has 0 aliphatic carbocycles. The largest absolute Gasteiger partial charge is 0.490 e. The van der Waals surface area contributed by atoms with E-state index in [9.17, 15) is 4.79 Å². The molecule has 1 N–H and O–H groups in total. The van der Waals surface area contributed by atoms with E-state index in [0.29, 0.717) is 12.3 Å². The van der Waals surface area contributed by atoms with E-state index in [-0.39, 0.29) is 30.9 Å². The number of pyridine rings is 1. The summed E-state index contributed by atoms with van der Waals surface area (Å²) in [4.78, 5) is 22.2. The molecular formula is C15H20Cl2N4O3S. The van der Waals surface area contributed by atoms with Gasteiger partial charge in [0.25, 0.3) is 0 Å². The van der Waals surface area contributed by atoms with Gasteiger partial charge in [-0.1, -0.05) is 0 Å². The Labute approximate surface area is 162 Å². The fraction of sp³-hybridized carbons (Fsp3) is 0.400. The van der Waals surface area contributed by atoms with Gasteiger partial charge in [-0.3, -0.25) is 4.98 Å². The van der Waals surface area contributed by atoms with E-state index in [0.717, 1.165) is 30.5 Å².